The van der Waals surface area contributed by atoms with Gasteiger partial charge < -0.3 is 19.9 Å². The summed E-state index contributed by atoms with van der Waals surface area (Å²) in [6.45, 7) is 8.43. The predicted octanol–water partition coefficient (Wildman–Crippen LogP) is 2.21. The number of hydrogen-bond acceptors (Lipinski definition) is 6. The summed E-state index contributed by atoms with van der Waals surface area (Å²) in [6, 6.07) is 1.85. The van der Waals surface area contributed by atoms with Gasteiger partial charge in [-0.3, -0.25) is 4.79 Å². The average Bonchev–Trinajstić information content (AvgIpc) is 2.67. The molecule has 2 amide bonds. The van der Waals surface area contributed by atoms with E-state index in [1.807, 2.05) is 25.7 Å². The van der Waals surface area contributed by atoms with Crippen LogP contribution in [0.2, 0.25) is 0 Å². The van der Waals surface area contributed by atoms with Crippen molar-refractivity contribution in [3.63, 3.8) is 0 Å². The summed E-state index contributed by atoms with van der Waals surface area (Å²) in [5.41, 5.74) is -0.504. The topological polar surface area (TPSA) is 87.7 Å². The van der Waals surface area contributed by atoms with E-state index < -0.39 is 5.60 Å². The molecule has 0 unspecified atom stereocenters. The molecule has 8 nitrogen and oxygen atoms in total. The Morgan fingerprint density at radius 2 is 1.79 bits per heavy atom. The summed E-state index contributed by atoms with van der Waals surface area (Å²) in [7, 11) is 0. The first-order chi connectivity index (χ1) is 13.3. The van der Waals surface area contributed by atoms with Crippen LogP contribution in [0, 0.1) is 5.92 Å². The summed E-state index contributed by atoms with van der Waals surface area (Å²) in [4.78, 5) is 37.6. The van der Waals surface area contributed by atoms with Gasteiger partial charge in [-0.2, -0.15) is 0 Å². The molecular weight excluding hydrogens is 358 g/mol. The van der Waals surface area contributed by atoms with Gasteiger partial charge >= 0.3 is 6.09 Å². The van der Waals surface area contributed by atoms with E-state index in [0.717, 1.165) is 32.2 Å². The number of alkyl carbamates (subject to hydrolysis) is 1. The molecule has 3 heterocycles. The lowest BCUT2D eigenvalue weighted by Crippen LogP contribution is -2.51. The second kappa shape index (κ2) is 8.75. The minimum atomic E-state index is -0.504. The van der Waals surface area contributed by atoms with Gasteiger partial charge in [0.15, 0.2) is 0 Å². The van der Waals surface area contributed by atoms with Gasteiger partial charge in [0, 0.05) is 44.6 Å². The van der Waals surface area contributed by atoms with Crippen LogP contribution in [0.5, 0.6) is 0 Å². The number of nitrogens with zero attached hydrogens (tertiary/aromatic N) is 4. The molecule has 0 saturated carbocycles. The number of rotatable bonds is 3. The van der Waals surface area contributed by atoms with Crippen LogP contribution in [0.25, 0.3) is 0 Å². The maximum atomic E-state index is 13.0. The molecule has 1 aromatic rings. The molecule has 0 aliphatic carbocycles. The van der Waals surface area contributed by atoms with Gasteiger partial charge in [0.25, 0.3) is 0 Å². The Labute approximate surface area is 166 Å². The molecule has 3 rings (SSSR count). The van der Waals surface area contributed by atoms with E-state index in [9.17, 15) is 9.59 Å². The van der Waals surface area contributed by atoms with Crippen molar-refractivity contribution in [2.75, 3.05) is 31.1 Å². The molecule has 1 N–H and O–H groups in total. The number of piperidine rings is 2. The first-order valence-corrected chi connectivity index (χ1v) is 10.1. The van der Waals surface area contributed by atoms with Crippen molar-refractivity contribution in [2.45, 2.75) is 58.1 Å². The number of nitrogens with one attached hydrogen (secondary N) is 1. The van der Waals surface area contributed by atoms with Crippen LogP contribution >= 0.6 is 0 Å². The third-order valence-corrected chi connectivity index (χ3v) is 5.13. The molecule has 0 bridgehead atoms. The molecule has 0 radical (unpaired) electrons. The van der Waals surface area contributed by atoms with Crippen LogP contribution in [-0.2, 0) is 9.53 Å². The standard InChI is InChI=1S/C20H31N5O3/c1-20(2,3)28-19(27)23-16-7-12-24(13-8-16)17(26)15-6-4-11-25(14-15)18-21-9-5-10-22-18/h5,9-10,15-16H,4,6-8,11-14H2,1-3H3,(H,23,27)/t15-/m0/s1. The number of aromatic nitrogens is 2. The zero-order valence-electron chi connectivity index (χ0n) is 17.1. The van der Waals surface area contributed by atoms with E-state index in [-0.39, 0.29) is 24.0 Å². The molecule has 2 fully saturated rings. The summed E-state index contributed by atoms with van der Waals surface area (Å²) >= 11 is 0. The van der Waals surface area contributed by atoms with E-state index >= 15 is 0 Å². The van der Waals surface area contributed by atoms with Crippen LogP contribution in [0.1, 0.15) is 46.5 Å². The number of carbonyl (C=O) groups excluding carboxylic acids is 2. The van der Waals surface area contributed by atoms with Crippen molar-refractivity contribution in [2.24, 2.45) is 5.92 Å². The van der Waals surface area contributed by atoms with Gasteiger partial charge in [-0.25, -0.2) is 14.8 Å². The lowest BCUT2D eigenvalue weighted by atomic mass is 9.95. The second-order valence-corrected chi connectivity index (χ2v) is 8.58. The maximum Gasteiger partial charge on any atom is 0.407 e. The number of ether oxygens (including phenoxy) is 1. The van der Waals surface area contributed by atoms with E-state index in [1.165, 1.54) is 0 Å². The Bertz CT molecular complexity index is 668. The van der Waals surface area contributed by atoms with Crippen molar-refractivity contribution >= 4 is 17.9 Å². The molecule has 1 aromatic heterocycles. The summed E-state index contributed by atoms with van der Waals surface area (Å²) in [6.07, 6.45) is 6.45. The number of carbonyl (C=O) groups is 2. The predicted molar refractivity (Wildman–Crippen MR) is 106 cm³/mol. The van der Waals surface area contributed by atoms with E-state index in [2.05, 4.69) is 20.2 Å². The highest BCUT2D eigenvalue weighted by atomic mass is 16.6. The maximum absolute atomic E-state index is 13.0. The highest BCUT2D eigenvalue weighted by molar-refractivity contribution is 5.80. The Kier molecular flexibility index (Phi) is 6.36. The smallest absolute Gasteiger partial charge is 0.407 e. The second-order valence-electron chi connectivity index (χ2n) is 8.58. The molecule has 2 aliphatic rings. The van der Waals surface area contributed by atoms with Gasteiger partial charge in [0.2, 0.25) is 11.9 Å². The van der Waals surface area contributed by atoms with Gasteiger partial charge in [0.05, 0.1) is 5.92 Å². The molecule has 0 aromatic carbocycles. The quantitative estimate of drug-likeness (QED) is 0.853. The zero-order chi connectivity index (χ0) is 20.1. The lowest BCUT2D eigenvalue weighted by Gasteiger charge is -2.38. The molecule has 28 heavy (non-hydrogen) atoms. The highest BCUT2D eigenvalue weighted by Gasteiger charge is 2.32. The third kappa shape index (κ3) is 5.56. The molecule has 2 saturated heterocycles. The highest BCUT2D eigenvalue weighted by Crippen LogP contribution is 2.23. The van der Waals surface area contributed by atoms with Gasteiger partial charge in [0.1, 0.15) is 5.60 Å². The normalized spacial score (nSPS) is 21.3. The molecule has 154 valence electrons. The van der Waals surface area contributed by atoms with Crippen LogP contribution < -0.4 is 10.2 Å². The van der Waals surface area contributed by atoms with E-state index in [0.29, 0.717) is 25.6 Å². The fourth-order valence-corrected chi connectivity index (χ4v) is 3.79. The summed E-state index contributed by atoms with van der Waals surface area (Å²) < 4.78 is 5.32. The molecule has 8 heteroatoms. The van der Waals surface area contributed by atoms with Gasteiger partial charge in [-0.05, 0) is 52.5 Å². The minimum Gasteiger partial charge on any atom is -0.444 e. The third-order valence-electron chi connectivity index (χ3n) is 5.13. The lowest BCUT2D eigenvalue weighted by molar-refractivity contribution is -0.136. The zero-order valence-corrected chi connectivity index (χ0v) is 17.1. The van der Waals surface area contributed by atoms with E-state index in [1.54, 1.807) is 18.5 Å². The largest absolute Gasteiger partial charge is 0.444 e. The monoisotopic (exact) mass is 389 g/mol. The number of anilines is 1. The van der Waals surface area contributed by atoms with Gasteiger partial charge in [-0.15, -0.1) is 0 Å². The summed E-state index contributed by atoms with van der Waals surface area (Å²) in [5.74, 6) is 0.879. The van der Waals surface area contributed by atoms with Crippen LogP contribution in [0.15, 0.2) is 18.5 Å². The van der Waals surface area contributed by atoms with Crippen molar-refractivity contribution < 1.29 is 14.3 Å². The first kappa shape index (κ1) is 20.4. The fraction of sp³-hybridized carbons (Fsp3) is 0.700. The van der Waals surface area contributed by atoms with Gasteiger partial charge in [-0.1, -0.05) is 0 Å². The van der Waals surface area contributed by atoms with Crippen molar-refractivity contribution in [1.29, 1.82) is 0 Å². The van der Waals surface area contributed by atoms with Crippen LogP contribution in [0.4, 0.5) is 10.7 Å². The van der Waals surface area contributed by atoms with Crippen molar-refractivity contribution in [3.8, 4) is 0 Å². The Hall–Kier alpha value is -2.38. The SMILES string of the molecule is CC(C)(C)OC(=O)NC1CCN(C(=O)[C@H]2CCCN(c3ncccn3)C2)CC1. The Balaban J connectivity index is 1.47. The Morgan fingerprint density at radius 3 is 2.43 bits per heavy atom. The van der Waals surface area contributed by atoms with E-state index in [4.69, 9.17) is 4.74 Å². The number of amides is 2. The van der Waals surface area contributed by atoms with Crippen molar-refractivity contribution in [1.82, 2.24) is 20.2 Å². The van der Waals surface area contributed by atoms with Crippen LogP contribution in [-0.4, -0.2) is 64.7 Å². The molecule has 1 atom stereocenters. The number of likely N-dealkylation sites (tertiary alicyclic amines) is 1. The molecular formula is C20H31N5O3. The molecule has 0 spiro atoms. The van der Waals surface area contributed by atoms with Crippen LogP contribution in [0.3, 0.4) is 0 Å². The first-order valence-electron chi connectivity index (χ1n) is 10.1. The fourth-order valence-electron chi connectivity index (χ4n) is 3.79. The average molecular weight is 390 g/mol. The van der Waals surface area contributed by atoms with Crippen molar-refractivity contribution in [3.05, 3.63) is 18.5 Å². The Morgan fingerprint density at radius 1 is 1.11 bits per heavy atom. The molecule has 2 aliphatic heterocycles. The minimum absolute atomic E-state index is 0.0204. The number of hydrogen-bond donors (Lipinski definition) is 1. The summed E-state index contributed by atoms with van der Waals surface area (Å²) in [5, 5.41) is 2.92.